The first-order chi connectivity index (χ1) is 28.8. The zero-order valence-corrected chi connectivity index (χ0v) is 31.5. The molecule has 58 heavy (non-hydrogen) atoms. The van der Waals surface area contributed by atoms with Gasteiger partial charge in [-0.15, -0.1) is 0 Å². The molecule has 3 heteroatoms. The fourth-order valence-corrected chi connectivity index (χ4v) is 8.51. The molecule has 0 aliphatic heterocycles. The molecule has 0 N–H and O–H groups in total. The summed E-state index contributed by atoms with van der Waals surface area (Å²) in [6, 6.07) is 75.1. The van der Waals surface area contributed by atoms with Gasteiger partial charge >= 0.3 is 0 Å². The van der Waals surface area contributed by atoms with E-state index in [1.807, 2.05) is 18.2 Å². The second kappa shape index (κ2) is 14.1. The van der Waals surface area contributed by atoms with Crippen LogP contribution in [-0.2, 0) is 0 Å². The highest BCUT2D eigenvalue weighted by Crippen LogP contribution is 2.45. The molecule has 0 aliphatic carbocycles. The first-order valence-corrected chi connectivity index (χ1v) is 19.7. The molecule has 2 aromatic heterocycles. The second-order valence-electron chi connectivity index (χ2n) is 14.7. The Hall–Kier alpha value is -7.75. The zero-order chi connectivity index (χ0) is 38.4. The van der Waals surface area contributed by atoms with Crippen molar-refractivity contribution >= 4 is 43.2 Å². The molecule has 0 spiro atoms. The number of hydrogen-bond donors (Lipinski definition) is 0. The van der Waals surface area contributed by atoms with Crippen molar-refractivity contribution in [3.63, 3.8) is 0 Å². The van der Waals surface area contributed by atoms with E-state index in [9.17, 15) is 0 Å². The van der Waals surface area contributed by atoms with E-state index in [0.29, 0.717) is 5.82 Å². The Morgan fingerprint density at radius 3 is 1.53 bits per heavy atom. The van der Waals surface area contributed by atoms with Crippen molar-refractivity contribution in [1.82, 2.24) is 15.0 Å². The van der Waals surface area contributed by atoms with E-state index in [1.54, 1.807) is 0 Å². The number of nitrogens with zero attached hydrogens (tertiary/aromatic N) is 3. The number of rotatable bonds is 6. The van der Waals surface area contributed by atoms with Crippen molar-refractivity contribution in [3.05, 3.63) is 212 Å². The Bertz CT molecular complexity index is 3260. The largest absolute Gasteiger partial charge is 0.247 e. The predicted octanol–water partition coefficient (Wildman–Crippen LogP) is 14.5. The highest BCUT2D eigenvalue weighted by molar-refractivity contribution is 6.25. The molecular formula is C55H35N3. The van der Waals surface area contributed by atoms with Crippen LogP contribution in [0.5, 0.6) is 0 Å². The molecule has 11 rings (SSSR count). The van der Waals surface area contributed by atoms with Crippen LogP contribution >= 0.6 is 0 Å². The van der Waals surface area contributed by atoms with Crippen molar-refractivity contribution in [2.45, 2.75) is 0 Å². The molecule has 0 bridgehead atoms. The lowest BCUT2D eigenvalue weighted by Gasteiger charge is -2.19. The van der Waals surface area contributed by atoms with Crippen LogP contribution in [0.1, 0.15) is 0 Å². The van der Waals surface area contributed by atoms with Crippen LogP contribution < -0.4 is 0 Å². The molecule has 0 fully saturated rings. The van der Waals surface area contributed by atoms with Crippen LogP contribution in [-0.4, -0.2) is 15.0 Å². The minimum atomic E-state index is 0.694. The number of hydrogen-bond acceptors (Lipinski definition) is 3. The minimum absolute atomic E-state index is 0.694. The SMILES string of the molecule is c1ccc(-c2nc(-c3ccccc3)c(-c3cccc(-c4cc5c(-c6ccc7ccccc7c6)nc6ccccc6c5c5ccccc45)c3)c(-c3ccccc3)n2)cc1. The Labute approximate surface area is 336 Å². The number of pyridine rings is 1. The Balaban J connectivity index is 1.19. The first kappa shape index (κ1) is 33.6. The summed E-state index contributed by atoms with van der Waals surface area (Å²) in [5.74, 6) is 0.694. The van der Waals surface area contributed by atoms with Crippen molar-refractivity contribution in [1.29, 1.82) is 0 Å². The summed E-state index contributed by atoms with van der Waals surface area (Å²) in [4.78, 5) is 16.1. The Morgan fingerprint density at radius 2 is 0.828 bits per heavy atom. The molecule has 0 radical (unpaired) electrons. The van der Waals surface area contributed by atoms with Crippen molar-refractivity contribution in [2.24, 2.45) is 0 Å². The number of fused-ring (bicyclic) bond motifs is 6. The van der Waals surface area contributed by atoms with E-state index in [-0.39, 0.29) is 0 Å². The smallest absolute Gasteiger partial charge is 0.160 e. The maximum absolute atomic E-state index is 5.39. The summed E-state index contributed by atoms with van der Waals surface area (Å²) < 4.78 is 0. The summed E-state index contributed by atoms with van der Waals surface area (Å²) >= 11 is 0. The zero-order valence-electron chi connectivity index (χ0n) is 31.5. The van der Waals surface area contributed by atoms with Crippen molar-refractivity contribution in [2.75, 3.05) is 0 Å². The molecular weight excluding hydrogens is 703 g/mol. The van der Waals surface area contributed by atoms with Gasteiger partial charge in [0, 0.05) is 44.0 Å². The normalized spacial score (nSPS) is 11.4. The summed E-state index contributed by atoms with van der Waals surface area (Å²) in [6.45, 7) is 0. The molecule has 0 atom stereocenters. The predicted molar refractivity (Wildman–Crippen MR) is 242 cm³/mol. The molecule has 270 valence electrons. The molecule has 0 saturated carbocycles. The minimum Gasteiger partial charge on any atom is -0.247 e. The lowest BCUT2D eigenvalue weighted by Crippen LogP contribution is -2.01. The van der Waals surface area contributed by atoms with Crippen LogP contribution in [0.4, 0.5) is 0 Å². The average molecular weight is 738 g/mol. The third-order valence-electron chi connectivity index (χ3n) is 11.2. The molecule has 9 aromatic carbocycles. The fraction of sp³-hybridized carbons (Fsp3) is 0. The number of aromatic nitrogens is 3. The van der Waals surface area contributed by atoms with Crippen LogP contribution in [0.3, 0.4) is 0 Å². The van der Waals surface area contributed by atoms with Gasteiger partial charge in [0.15, 0.2) is 5.82 Å². The Morgan fingerprint density at radius 1 is 0.276 bits per heavy atom. The summed E-state index contributed by atoms with van der Waals surface area (Å²) in [5, 5.41) is 8.28. The monoisotopic (exact) mass is 737 g/mol. The maximum Gasteiger partial charge on any atom is 0.160 e. The highest BCUT2D eigenvalue weighted by Gasteiger charge is 2.22. The lowest BCUT2D eigenvalue weighted by molar-refractivity contribution is 1.18. The fourth-order valence-electron chi connectivity index (χ4n) is 8.51. The lowest BCUT2D eigenvalue weighted by atomic mass is 9.88. The van der Waals surface area contributed by atoms with Crippen LogP contribution in [0.25, 0.3) is 111 Å². The number of benzene rings is 9. The first-order valence-electron chi connectivity index (χ1n) is 19.7. The molecule has 3 nitrogen and oxygen atoms in total. The van der Waals surface area contributed by atoms with Gasteiger partial charge in [-0.3, -0.25) is 0 Å². The van der Waals surface area contributed by atoms with E-state index in [0.717, 1.165) is 77.9 Å². The van der Waals surface area contributed by atoms with Gasteiger partial charge in [0.05, 0.1) is 22.6 Å². The van der Waals surface area contributed by atoms with E-state index in [4.69, 9.17) is 15.0 Å². The molecule has 0 amide bonds. The Kier molecular flexibility index (Phi) is 8.15. The molecule has 0 aliphatic rings. The van der Waals surface area contributed by atoms with Gasteiger partial charge in [0.25, 0.3) is 0 Å². The van der Waals surface area contributed by atoms with Gasteiger partial charge < -0.3 is 0 Å². The highest BCUT2D eigenvalue weighted by atomic mass is 14.9. The summed E-state index contributed by atoms with van der Waals surface area (Å²) in [6.07, 6.45) is 0. The van der Waals surface area contributed by atoms with E-state index in [2.05, 4.69) is 194 Å². The van der Waals surface area contributed by atoms with E-state index < -0.39 is 0 Å². The van der Waals surface area contributed by atoms with Crippen LogP contribution in [0.15, 0.2) is 212 Å². The van der Waals surface area contributed by atoms with Crippen LogP contribution in [0.2, 0.25) is 0 Å². The van der Waals surface area contributed by atoms with Gasteiger partial charge in [-0.2, -0.15) is 0 Å². The maximum atomic E-state index is 5.39. The summed E-state index contributed by atoms with van der Waals surface area (Å²) in [5.41, 5.74) is 12.2. The number of para-hydroxylation sites is 1. The molecule has 2 heterocycles. The molecule has 11 aromatic rings. The molecule has 0 saturated heterocycles. The van der Waals surface area contributed by atoms with E-state index in [1.165, 1.54) is 26.9 Å². The van der Waals surface area contributed by atoms with Gasteiger partial charge in [0.2, 0.25) is 0 Å². The van der Waals surface area contributed by atoms with Gasteiger partial charge in [-0.25, -0.2) is 15.0 Å². The third-order valence-corrected chi connectivity index (χ3v) is 11.2. The van der Waals surface area contributed by atoms with Crippen LogP contribution in [0, 0.1) is 0 Å². The van der Waals surface area contributed by atoms with Gasteiger partial charge in [0.1, 0.15) is 0 Å². The third kappa shape index (κ3) is 5.80. The van der Waals surface area contributed by atoms with Crippen molar-refractivity contribution in [3.8, 4) is 67.4 Å². The van der Waals surface area contributed by atoms with Crippen molar-refractivity contribution < 1.29 is 0 Å². The molecule has 0 unspecified atom stereocenters. The standard InChI is InChI=1S/C55H35N3/c1-4-18-37(19-5-1)53-50(54(38-20-6-2-7-21-38)58-55(57-53)39-22-8-3-9-23-39)42-26-16-25-41(34-42)47-35-48-51(45-28-13-12-27-44(45)47)46-29-14-15-30-49(46)56-52(48)43-32-31-36-17-10-11-24-40(36)33-43/h1-35H. The van der Waals surface area contributed by atoms with Gasteiger partial charge in [-0.1, -0.05) is 188 Å². The van der Waals surface area contributed by atoms with Gasteiger partial charge in [-0.05, 0) is 62.5 Å². The van der Waals surface area contributed by atoms with E-state index >= 15 is 0 Å². The summed E-state index contributed by atoms with van der Waals surface area (Å²) in [7, 11) is 0. The quantitative estimate of drug-likeness (QED) is 0.160. The second-order valence-corrected chi connectivity index (χ2v) is 14.7. The average Bonchev–Trinajstić information content (AvgIpc) is 3.31. The topological polar surface area (TPSA) is 38.7 Å².